The largest absolute Gasteiger partial charge is 0.393 e. The van der Waals surface area contributed by atoms with E-state index in [0.717, 1.165) is 6.54 Å². The Balaban J connectivity index is 3.28. The molecule has 0 unspecified atom stereocenters. The zero-order valence-electron chi connectivity index (χ0n) is 6.98. The summed E-state index contributed by atoms with van der Waals surface area (Å²) in [5.41, 5.74) is -0.392. The average molecular weight is 147 g/mol. The van der Waals surface area contributed by atoms with Gasteiger partial charge < -0.3 is 15.2 Å². The van der Waals surface area contributed by atoms with Gasteiger partial charge in [0, 0.05) is 6.54 Å². The van der Waals surface area contributed by atoms with Gasteiger partial charge in [-0.3, -0.25) is 0 Å². The highest BCUT2D eigenvalue weighted by Crippen LogP contribution is 2.05. The molecule has 3 heteroatoms. The van der Waals surface area contributed by atoms with Crippen molar-refractivity contribution in [3.05, 3.63) is 0 Å². The molecule has 0 fully saturated rings. The Bertz CT molecular complexity index is 83.7. The van der Waals surface area contributed by atoms with Crippen LogP contribution >= 0.6 is 0 Å². The van der Waals surface area contributed by atoms with Gasteiger partial charge in [0.1, 0.15) is 0 Å². The molecule has 0 aromatic heterocycles. The van der Waals surface area contributed by atoms with Crippen molar-refractivity contribution in [2.75, 3.05) is 26.8 Å². The predicted molar refractivity (Wildman–Crippen MR) is 41.0 cm³/mol. The molecule has 0 rings (SSSR count). The van der Waals surface area contributed by atoms with Crippen molar-refractivity contribution in [2.45, 2.75) is 19.4 Å². The van der Waals surface area contributed by atoms with Gasteiger partial charge in [-0.1, -0.05) is 0 Å². The lowest BCUT2D eigenvalue weighted by Gasteiger charge is -2.22. The molecular formula is C7H17NO2. The van der Waals surface area contributed by atoms with Crippen LogP contribution in [0.15, 0.2) is 0 Å². The third-order valence-electron chi connectivity index (χ3n) is 1.23. The summed E-state index contributed by atoms with van der Waals surface area (Å²) in [6, 6.07) is 0. The molecule has 0 aromatic carbocycles. The zero-order chi connectivity index (χ0) is 8.04. The molecule has 2 N–H and O–H groups in total. The fourth-order valence-electron chi connectivity index (χ4n) is 0.475. The minimum Gasteiger partial charge on any atom is -0.393 e. The van der Waals surface area contributed by atoms with Crippen LogP contribution in [-0.2, 0) is 4.74 Å². The standard InChI is InChI=1S/C7H17NO2/c1-7(2,6-9)10-5-4-8-3/h8-9H,4-6H2,1-3H3. The van der Waals surface area contributed by atoms with E-state index in [9.17, 15) is 0 Å². The molecule has 0 aliphatic carbocycles. The smallest absolute Gasteiger partial charge is 0.0856 e. The van der Waals surface area contributed by atoms with E-state index in [1.54, 1.807) is 0 Å². The molecule has 62 valence electrons. The summed E-state index contributed by atoms with van der Waals surface area (Å²) in [6.45, 7) is 5.26. The van der Waals surface area contributed by atoms with Gasteiger partial charge in [-0.15, -0.1) is 0 Å². The lowest BCUT2D eigenvalue weighted by Crippen LogP contribution is -2.31. The van der Waals surface area contributed by atoms with E-state index in [0.29, 0.717) is 6.61 Å². The van der Waals surface area contributed by atoms with Crippen LogP contribution in [0.3, 0.4) is 0 Å². The number of aliphatic hydroxyl groups excluding tert-OH is 1. The quantitative estimate of drug-likeness (QED) is 0.538. The predicted octanol–water partition coefficient (Wildman–Crippen LogP) is -0.00670. The van der Waals surface area contributed by atoms with Crippen molar-refractivity contribution in [1.82, 2.24) is 5.32 Å². The lowest BCUT2D eigenvalue weighted by molar-refractivity contribution is -0.0514. The Morgan fingerprint density at radius 2 is 2.10 bits per heavy atom. The first kappa shape index (κ1) is 9.88. The van der Waals surface area contributed by atoms with Crippen molar-refractivity contribution in [3.63, 3.8) is 0 Å². The molecule has 0 radical (unpaired) electrons. The van der Waals surface area contributed by atoms with Crippen molar-refractivity contribution in [1.29, 1.82) is 0 Å². The summed E-state index contributed by atoms with van der Waals surface area (Å²) in [4.78, 5) is 0. The third-order valence-corrected chi connectivity index (χ3v) is 1.23. The molecule has 0 atom stereocenters. The summed E-state index contributed by atoms with van der Waals surface area (Å²) in [7, 11) is 1.87. The van der Waals surface area contributed by atoms with Crippen LogP contribution in [0.1, 0.15) is 13.8 Å². The molecule has 0 aliphatic heterocycles. The molecule has 0 saturated carbocycles. The molecule has 3 nitrogen and oxygen atoms in total. The van der Waals surface area contributed by atoms with Crippen LogP contribution in [0.4, 0.5) is 0 Å². The number of rotatable bonds is 5. The molecule has 0 saturated heterocycles. The normalized spacial score (nSPS) is 12.0. The first-order valence-electron chi connectivity index (χ1n) is 3.52. The number of ether oxygens (including phenoxy) is 1. The number of nitrogens with one attached hydrogen (secondary N) is 1. The highest BCUT2D eigenvalue weighted by Gasteiger charge is 2.15. The minimum absolute atomic E-state index is 0.0662. The van der Waals surface area contributed by atoms with Crippen molar-refractivity contribution in [2.24, 2.45) is 0 Å². The Morgan fingerprint density at radius 3 is 2.50 bits per heavy atom. The third kappa shape index (κ3) is 4.73. The maximum Gasteiger partial charge on any atom is 0.0856 e. The van der Waals surface area contributed by atoms with Gasteiger partial charge in [-0.05, 0) is 20.9 Å². The first-order chi connectivity index (χ1) is 4.62. The van der Waals surface area contributed by atoms with E-state index in [1.165, 1.54) is 0 Å². The molecule has 10 heavy (non-hydrogen) atoms. The summed E-state index contributed by atoms with van der Waals surface area (Å²) in [5.74, 6) is 0. The number of aliphatic hydroxyl groups is 1. The van der Waals surface area contributed by atoms with E-state index < -0.39 is 5.60 Å². The maximum absolute atomic E-state index is 8.75. The number of hydrogen-bond acceptors (Lipinski definition) is 3. The van der Waals surface area contributed by atoms with Gasteiger partial charge >= 0.3 is 0 Å². The van der Waals surface area contributed by atoms with Crippen molar-refractivity contribution < 1.29 is 9.84 Å². The SMILES string of the molecule is CNCCOC(C)(C)CO. The molecule has 0 aromatic rings. The van der Waals surface area contributed by atoms with E-state index >= 15 is 0 Å². The molecule has 0 heterocycles. The van der Waals surface area contributed by atoms with Gasteiger partial charge in [0.05, 0.1) is 18.8 Å². The van der Waals surface area contributed by atoms with Crippen molar-refractivity contribution in [3.8, 4) is 0 Å². The first-order valence-corrected chi connectivity index (χ1v) is 3.52. The highest BCUT2D eigenvalue weighted by molar-refractivity contribution is 4.65. The zero-order valence-corrected chi connectivity index (χ0v) is 6.98. The van der Waals surface area contributed by atoms with Gasteiger partial charge in [-0.25, -0.2) is 0 Å². The van der Waals surface area contributed by atoms with E-state index in [1.807, 2.05) is 20.9 Å². The lowest BCUT2D eigenvalue weighted by atomic mass is 10.1. The molecule has 0 spiro atoms. The van der Waals surface area contributed by atoms with Crippen LogP contribution in [0.2, 0.25) is 0 Å². The summed E-state index contributed by atoms with van der Waals surface area (Å²) in [6.07, 6.45) is 0. The minimum atomic E-state index is -0.392. The Kier molecular flexibility index (Phi) is 4.60. The number of likely N-dealkylation sites (N-methyl/N-ethyl adjacent to an activating group) is 1. The monoisotopic (exact) mass is 147 g/mol. The highest BCUT2D eigenvalue weighted by atomic mass is 16.5. The topological polar surface area (TPSA) is 41.5 Å². The molecule has 0 aliphatic rings. The molecular weight excluding hydrogens is 130 g/mol. The average Bonchev–Trinajstić information content (AvgIpc) is 1.89. The van der Waals surface area contributed by atoms with E-state index in [-0.39, 0.29) is 6.61 Å². The summed E-state index contributed by atoms with van der Waals surface area (Å²) in [5, 5.41) is 11.7. The summed E-state index contributed by atoms with van der Waals surface area (Å²) >= 11 is 0. The Morgan fingerprint density at radius 1 is 1.50 bits per heavy atom. The fraction of sp³-hybridized carbons (Fsp3) is 1.00. The van der Waals surface area contributed by atoms with Gasteiger partial charge in [-0.2, -0.15) is 0 Å². The van der Waals surface area contributed by atoms with Crippen molar-refractivity contribution >= 4 is 0 Å². The van der Waals surface area contributed by atoms with Crippen LogP contribution in [0, 0.1) is 0 Å². The van der Waals surface area contributed by atoms with Gasteiger partial charge in [0.2, 0.25) is 0 Å². The maximum atomic E-state index is 8.75. The van der Waals surface area contributed by atoms with Crippen LogP contribution in [-0.4, -0.2) is 37.5 Å². The fourth-order valence-corrected chi connectivity index (χ4v) is 0.475. The van der Waals surface area contributed by atoms with Crippen LogP contribution < -0.4 is 5.32 Å². The second-order valence-corrected chi connectivity index (χ2v) is 2.87. The molecule has 0 bridgehead atoms. The van der Waals surface area contributed by atoms with Gasteiger partial charge in [0.15, 0.2) is 0 Å². The van der Waals surface area contributed by atoms with Gasteiger partial charge in [0.25, 0.3) is 0 Å². The number of hydrogen-bond donors (Lipinski definition) is 2. The van der Waals surface area contributed by atoms with E-state index in [4.69, 9.17) is 9.84 Å². The second-order valence-electron chi connectivity index (χ2n) is 2.87. The summed E-state index contributed by atoms with van der Waals surface area (Å²) < 4.78 is 5.31. The Labute approximate surface area is 62.4 Å². The van der Waals surface area contributed by atoms with Crippen LogP contribution in [0.5, 0.6) is 0 Å². The second kappa shape index (κ2) is 4.66. The Hall–Kier alpha value is -0.120. The van der Waals surface area contributed by atoms with Crippen LogP contribution in [0.25, 0.3) is 0 Å². The van der Waals surface area contributed by atoms with E-state index in [2.05, 4.69) is 5.32 Å². The molecule has 0 amide bonds.